The number of anilines is 1. The Morgan fingerprint density at radius 1 is 1.18 bits per heavy atom. The summed E-state index contributed by atoms with van der Waals surface area (Å²) in [5.74, 6) is 1.85. The number of nitrogens with one attached hydrogen (secondary N) is 2. The van der Waals surface area contributed by atoms with E-state index in [2.05, 4.69) is 58.4 Å². The zero-order valence-electron chi connectivity index (χ0n) is 13.6. The monoisotopic (exact) mass is 321 g/mol. The van der Waals surface area contributed by atoms with Crippen molar-refractivity contribution in [2.45, 2.75) is 53.0 Å². The Morgan fingerprint density at radius 3 is 2.55 bits per heavy atom. The molecule has 22 heavy (non-hydrogen) atoms. The lowest BCUT2D eigenvalue weighted by atomic mass is 10.2. The largest absolute Gasteiger partial charge is 0.351 e. The van der Waals surface area contributed by atoms with E-state index in [0.29, 0.717) is 29.7 Å². The quantitative estimate of drug-likeness (QED) is 0.762. The molecule has 0 amide bonds. The lowest BCUT2D eigenvalue weighted by molar-refractivity contribution is 0.629. The van der Waals surface area contributed by atoms with Crippen molar-refractivity contribution < 1.29 is 0 Å². The molecule has 0 aliphatic rings. The maximum atomic E-state index is 5.27. The molecular formula is C14H23N7S. The third-order valence-electron chi connectivity index (χ3n) is 3.43. The fourth-order valence-electron chi connectivity index (χ4n) is 2.28. The fraction of sp³-hybridized carbons (Fsp3) is 0.643. The Labute approximate surface area is 135 Å². The van der Waals surface area contributed by atoms with Crippen LogP contribution in [0.15, 0.2) is 0 Å². The minimum absolute atomic E-state index is 0.321. The molecule has 0 aromatic carbocycles. The lowest BCUT2D eigenvalue weighted by Crippen LogP contribution is -2.16. The summed E-state index contributed by atoms with van der Waals surface area (Å²) >= 11 is 5.27. The summed E-state index contributed by atoms with van der Waals surface area (Å²) in [6.45, 7) is 9.71. The molecule has 2 heterocycles. The zero-order chi connectivity index (χ0) is 16.1. The Morgan fingerprint density at radius 2 is 1.91 bits per heavy atom. The fourth-order valence-corrected chi connectivity index (χ4v) is 2.51. The van der Waals surface area contributed by atoms with Crippen molar-refractivity contribution >= 4 is 18.2 Å². The van der Waals surface area contributed by atoms with Crippen LogP contribution in [0, 0.1) is 4.77 Å². The molecule has 2 rings (SSSR count). The number of hydrogen-bond donors (Lipinski definition) is 2. The number of aryl methyl sites for hydroxylation is 2. The number of aromatic amines is 1. The Hall–Kier alpha value is -1.83. The van der Waals surface area contributed by atoms with Gasteiger partial charge in [0.25, 0.3) is 0 Å². The lowest BCUT2D eigenvalue weighted by Gasteiger charge is -2.10. The first-order valence-electron chi connectivity index (χ1n) is 7.68. The first-order valence-corrected chi connectivity index (χ1v) is 8.09. The summed E-state index contributed by atoms with van der Waals surface area (Å²) in [5, 5.41) is 18.7. The van der Waals surface area contributed by atoms with Gasteiger partial charge in [-0.1, -0.05) is 27.7 Å². The van der Waals surface area contributed by atoms with Gasteiger partial charge in [0.2, 0.25) is 5.95 Å². The number of nitrogens with zero attached hydrogens (tertiary/aromatic N) is 5. The van der Waals surface area contributed by atoms with Crippen LogP contribution in [0.5, 0.6) is 0 Å². The normalized spacial score (nSPS) is 11.1. The van der Waals surface area contributed by atoms with Crippen LogP contribution in [0.3, 0.4) is 0 Å². The smallest absolute Gasteiger partial charge is 0.243 e. The maximum absolute atomic E-state index is 5.27. The number of aromatic nitrogens is 6. The van der Waals surface area contributed by atoms with E-state index in [1.807, 2.05) is 4.57 Å². The second-order valence-electron chi connectivity index (χ2n) is 5.36. The van der Waals surface area contributed by atoms with Crippen LogP contribution in [-0.2, 0) is 19.4 Å². The molecule has 7 nitrogen and oxygen atoms in total. The van der Waals surface area contributed by atoms with Gasteiger partial charge in [-0.3, -0.25) is 5.10 Å². The van der Waals surface area contributed by atoms with Crippen LogP contribution in [0.25, 0.3) is 0 Å². The molecule has 8 heteroatoms. The Bertz CT molecular complexity index is 674. The molecule has 0 unspecified atom stereocenters. The molecule has 2 aromatic heterocycles. The van der Waals surface area contributed by atoms with Gasteiger partial charge in [0.15, 0.2) is 4.77 Å². The predicted octanol–water partition coefficient (Wildman–Crippen LogP) is 2.49. The summed E-state index contributed by atoms with van der Waals surface area (Å²) in [4.78, 5) is 4.52. The van der Waals surface area contributed by atoms with E-state index in [4.69, 9.17) is 12.2 Å². The Balaban J connectivity index is 2.03. The van der Waals surface area contributed by atoms with Crippen LogP contribution < -0.4 is 5.32 Å². The number of hydrogen-bond acceptors (Lipinski definition) is 6. The summed E-state index contributed by atoms with van der Waals surface area (Å²) in [7, 11) is 0. The van der Waals surface area contributed by atoms with Gasteiger partial charge >= 0.3 is 0 Å². The highest BCUT2D eigenvalue weighted by Gasteiger charge is 2.10. The third kappa shape index (κ3) is 3.68. The van der Waals surface area contributed by atoms with E-state index in [-0.39, 0.29) is 0 Å². The van der Waals surface area contributed by atoms with Gasteiger partial charge in [-0.05, 0) is 25.1 Å². The molecule has 0 atom stereocenters. The molecule has 0 fully saturated rings. The van der Waals surface area contributed by atoms with E-state index >= 15 is 0 Å². The van der Waals surface area contributed by atoms with Crippen LogP contribution in [0.2, 0.25) is 0 Å². The predicted molar refractivity (Wildman–Crippen MR) is 88.6 cm³/mol. The van der Waals surface area contributed by atoms with Crippen molar-refractivity contribution in [2.75, 3.05) is 11.9 Å². The highest BCUT2D eigenvalue weighted by Crippen LogP contribution is 2.11. The maximum Gasteiger partial charge on any atom is 0.243 e. The standard InChI is InChI=1S/C14H23N7S/c1-5-10-11(6-2)17-19-13(16-10)15-7-8-21-12(9(3)4)18-20-14(21)22/h9H,5-8H2,1-4H3,(H,20,22)(H,15,16,19). The first kappa shape index (κ1) is 16.5. The van der Waals surface area contributed by atoms with E-state index in [1.165, 1.54) is 0 Å². The van der Waals surface area contributed by atoms with E-state index < -0.39 is 0 Å². The van der Waals surface area contributed by atoms with Crippen LogP contribution in [0.4, 0.5) is 5.95 Å². The average Bonchev–Trinajstić information content (AvgIpc) is 2.88. The van der Waals surface area contributed by atoms with Gasteiger partial charge in [0.1, 0.15) is 5.82 Å². The molecule has 0 aliphatic heterocycles. The minimum atomic E-state index is 0.321. The van der Waals surface area contributed by atoms with Gasteiger partial charge < -0.3 is 9.88 Å². The second-order valence-corrected chi connectivity index (χ2v) is 5.74. The highest BCUT2D eigenvalue weighted by atomic mass is 32.1. The summed E-state index contributed by atoms with van der Waals surface area (Å²) < 4.78 is 2.64. The zero-order valence-corrected chi connectivity index (χ0v) is 14.4. The molecule has 0 aliphatic carbocycles. The summed E-state index contributed by atoms with van der Waals surface area (Å²) in [5.41, 5.74) is 1.97. The van der Waals surface area contributed by atoms with Crippen molar-refractivity contribution in [2.24, 2.45) is 0 Å². The van der Waals surface area contributed by atoms with Gasteiger partial charge in [0, 0.05) is 19.0 Å². The van der Waals surface area contributed by atoms with Gasteiger partial charge in [-0.2, -0.15) is 10.2 Å². The molecule has 0 spiro atoms. The van der Waals surface area contributed by atoms with Crippen molar-refractivity contribution in [3.05, 3.63) is 22.0 Å². The van der Waals surface area contributed by atoms with E-state index in [1.54, 1.807) is 0 Å². The van der Waals surface area contributed by atoms with Crippen LogP contribution in [0.1, 0.15) is 50.8 Å². The van der Waals surface area contributed by atoms with Crippen LogP contribution >= 0.6 is 12.2 Å². The van der Waals surface area contributed by atoms with Crippen molar-refractivity contribution in [1.29, 1.82) is 0 Å². The first-order chi connectivity index (χ1) is 10.6. The van der Waals surface area contributed by atoms with Crippen molar-refractivity contribution in [1.82, 2.24) is 29.9 Å². The molecule has 0 saturated carbocycles. The summed E-state index contributed by atoms with van der Waals surface area (Å²) in [6, 6.07) is 0. The molecule has 2 aromatic rings. The topological polar surface area (TPSA) is 84.3 Å². The van der Waals surface area contributed by atoms with Crippen LogP contribution in [-0.4, -0.2) is 36.5 Å². The molecule has 0 radical (unpaired) electrons. The van der Waals surface area contributed by atoms with E-state index in [9.17, 15) is 0 Å². The van der Waals surface area contributed by atoms with Crippen molar-refractivity contribution in [3.63, 3.8) is 0 Å². The minimum Gasteiger partial charge on any atom is -0.351 e. The van der Waals surface area contributed by atoms with Gasteiger partial charge in [0.05, 0.1) is 11.4 Å². The van der Waals surface area contributed by atoms with Crippen molar-refractivity contribution in [3.8, 4) is 0 Å². The summed E-state index contributed by atoms with van der Waals surface area (Å²) in [6.07, 6.45) is 1.71. The van der Waals surface area contributed by atoms with Gasteiger partial charge in [-0.25, -0.2) is 4.98 Å². The number of H-pyrrole nitrogens is 1. The Kier molecular flexibility index (Phi) is 5.59. The molecule has 120 valence electrons. The van der Waals surface area contributed by atoms with Gasteiger partial charge in [-0.15, -0.1) is 5.10 Å². The number of rotatable bonds is 7. The molecular weight excluding hydrogens is 298 g/mol. The average molecular weight is 321 g/mol. The highest BCUT2D eigenvalue weighted by molar-refractivity contribution is 7.71. The molecule has 2 N–H and O–H groups in total. The third-order valence-corrected chi connectivity index (χ3v) is 3.74. The second kappa shape index (κ2) is 7.44. The molecule has 0 bridgehead atoms. The molecule has 0 saturated heterocycles. The SMILES string of the molecule is CCc1nnc(NCCn2c(C(C)C)n[nH]c2=S)nc1CC. The van der Waals surface area contributed by atoms with E-state index in [0.717, 1.165) is 30.1 Å².